The molecule has 3 nitrogen and oxygen atoms in total. The molecule has 0 bridgehead atoms. The Balaban J connectivity index is 1.11. The van der Waals surface area contributed by atoms with E-state index in [4.69, 9.17) is 4.42 Å². The highest BCUT2D eigenvalue weighted by molar-refractivity contribution is 6.12. The van der Waals surface area contributed by atoms with E-state index in [-0.39, 0.29) is 0 Å². The number of aryl methyl sites for hydroxylation is 2. The number of fused-ring (bicyclic) bond motifs is 6. The lowest BCUT2D eigenvalue weighted by atomic mass is 9.97. The van der Waals surface area contributed by atoms with E-state index < -0.39 is 0 Å². The van der Waals surface area contributed by atoms with Crippen molar-refractivity contribution in [1.82, 2.24) is 4.57 Å². The largest absolute Gasteiger partial charge is 0.455 e. The minimum absolute atomic E-state index is 0.876. The second kappa shape index (κ2) is 14.1. The number of benzene rings is 9. The smallest absolute Gasteiger partial charge is 0.143 e. The minimum atomic E-state index is 0.876. The molecule has 2 heterocycles. The van der Waals surface area contributed by atoms with Crippen LogP contribution in [-0.2, 0) is 0 Å². The van der Waals surface area contributed by atoms with Gasteiger partial charge in [0.25, 0.3) is 0 Å². The molecule has 59 heavy (non-hydrogen) atoms. The zero-order valence-corrected chi connectivity index (χ0v) is 32.9. The van der Waals surface area contributed by atoms with Gasteiger partial charge in [-0.3, -0.25) is 0 Å². The molecule has 0 radical (unpaired) electrons. The predicted octanol–water partition coefficient (Wildman–Crippen LogP) is 15.8. The molecule has 0 aliphatic rings. The van der Waals surface area contributed by atoms with E-state index in [1.165, 1.54) is 55.2 Å². The molecule has 3 heteroatoms. The molecule has 9 aromatic carbocycles. The van der Waals surface area contributed by atoms with E-state index in [1.807, 2.05) is 6.07 Å². The highest BCUT2D eigenvalue weighted by Crippen LogP contribution is 2.45. The SMILES string of the molecule is Cc1cc(N(c2cc(-c3ccc(-n4c5ccccc5c5ccccc54)cc3)c3oc4ccccc4c3c2)c2ccc(-c3ccccc3)cc2C)ccc1-c1ccccc1. The maximum absolute atomic E-state index is 6.75. The summed E-state index contributed by atoms with van der Waals surface area (Å²) < 4.78 is 9.12. The average Bonchev–Trinajstić information content (AvgIpc) is 3.83. The summed E-state index contributed by atoms with van der Waals surface area (Å²) in [5.74, 6) is 0. The second-order valence-electron chi connectivity index (χ2n) is 15.5. The van der Waals surface area contributed by atoms with Gasteiger partial charge in [-0.15, -0.1) is 0 Å². The number of nitrogens with zero attached hydrogens (tertiary/aromatic N) is 2. The molecule has 0 amide bonds. The van der Waals surface area contributed by atoms with Crippen molar-refractivity contribution in [3.63, 3.8) is 0 Å². The molecule has 0 aliphatic heterocycles. The summed E-state index contributed by atoms with van der Waals surface area (Å²) in [4.78, 5) is 2.42. The van der Waals surface area contributed by atoms with Gasteiger partial charge in [-0.2, -0.15) is 0 Å². The van der Waals surface area contributed by atoms with Gasteiger partial charge in [0, 0.05) is 49.9 Å². The Morgan fingerprint density at radius 2 is 0.983 bits per heavy atom. The fraction of sp³-hybridized carbons (Fsp3) is 0.0357. The van der Waals surface area contributed by atoms with Crippen molar-refractivity contribution in [2.45, 2.75) is 13.8 Å². The number of rotatable bonds is 7. The van der Waals surface area contributed by atoms with Crippen LogP contribution in [0.4, 0.5) is 17.1 Å². The third-order valence-corrected chi connectivity index (χ3v) is 11.8. The van der Waals surface area contributed by atoms with E-state index in [2.05, 4.69) is 224 Å². The molecule has 0 fully saturated rings. The molecule has 280 valence electrons. The number of furan rings is 1. The highest BCUT2D eigenvalue weighted by Gasteiger charge is 2.22. The van der Waals surface area contributed by atoms with E-state index in [9.17, 15) is 0 Å². The first-order valence-corrected chi connectivity index (χ1v) is 20.3. The van der Waals surface area contributed by atoms with Crippen LogP contribution in [0.5, 0.6) is 0 Å². The minimum Gasteiger partial charge on any atom is -0.455 e. The van der Waals surface area contributed by atoms with Crippen LogP contribution in [0.2, 0.25) is 0 Å². The van der Waals surface area contributed by atoms with Gasteiger partial charge < -0.3 is 13.9 Å². The summed E-state index contributed by atoms with van der Waals surface area (Å²) in [6.07, 6.45) is 0. The van der Waals surface area contributed by atoms with Crippen LogP contribution in [-0.4, -0.2) is 4.57 Å². The molecule has 11 aromatic rings. The van der Waals surface area contributed by atoms with Crippen molar-refractivity contribution in [3.8, 4) is 39.1 Å². The molecule has 0 aliphatic carbocycles. The Bertz CT molecular complexity index is 3280. The topological polar surface area (TPSA) is 21.3 Å². The molecule has 0 N–H and O–H groups in total. The van der Waals surface area contributed by atoms with Crippen molar-refractivity contribution in [1.29, 1.82) is 0 Å². The summed E-state index contributed by atoms with van der Waals surface area (Å²) in [6.45, 7) is 4.44. The van der Waals surface area contributed by atoms with Crippen LogP contribution in [0.15, 0.2) is 211 Å². The molecular formula is C56H40N2O. The quantitative estimate of drug-likeness (QED) is 0.161. The van der Waals surface area contributed by atoms with Gasteiger partial charge in [-0.05, 0) is 120 Å². The number of anilines is 3. The number of aromatic nitrogens is 1. The summed E-state index contributed by atoms with van der Waals surface area (Å²) in [5.41, 5.74) is 17.9. The number of hydrogen-bond acceptors (Lipinski definition) is 2. The second-order valence-corrected chi connectivity index (χ2v) is 15.5. The first kappa shape index (κ1) is 34.6. The predicted molar refractivity (Wildman–Crippen MR) is 249 cm³/mol. The van der Waals surface area contributed by atoms with Crippen LogP contribution in [0.3, 0.4) is 0 Å². The van der Waals surface area contributed by atoms with Crippen molar-refractivity contribution in [2.24, 2.45) is 0 Å². The van der Waals surface area contributed by atoms with Gasteiger partial charge >= 0.3 is 0 Å². The molecule has 0 saturated heterocycles. The van der Waals surface area contributed by atoms with Crippen LogP contribution >= 0.6 is 0 Å². The van der Waals surface area contributed by atoms with Crippen molar-refractivity contribution in [3.05, 3.63) is 217 Å². The van der Waals surface area contributed by atoms with Gasteiger partial charge in [-0.1, -0.05) is 140 Å². The van der Waals surface area contributed by atoms with Crippen LogP contribution in [0.1, 0.15) is 11.1 Å². The standard InChI is InChI=1S/C56H40N2O/c1-37-34-44(30-31-46(37)40-17-7-4-8-18-40)57(52-32-27-42(33-38(52)2)39-15-5-3-6-16-39)45-35-50(56-51(36-45)49-21-11-14-24-55(49)59-56)41-25-28-43(29-26-41)58-53-22-12-9-19-47(53)48-20-10-13-23-54(48)58/h3-36H,1-2H3. The van der Waals surface area contributed by atoms with Crippen LogP contribution in [0.25, 0.3) is 82.8 Å². The summed E-state index contributed by atoms with van der Waals surface area (Å²) in [6, 6.07) is 74.3. The van der Waals surface area contributed by atoms with E-state index in [1.54, 1.807) is 0 Å². The highest BCUT2D eigenvalue weighted by atomic mass is 16.3. The lowest BCUT2D eigenvalue weighted by Crippen LogP contribution is -2.12. The van der Waals surface area contributed by atoms with Gasteiger partial charge in [0.05, 0.1) is 11.0 Å². The lowest BCUT2D eigenvalue weighted by Gasteiger charge is -2.29. The molecule has 2 aromatic heterocycles. The fourth-order valence-electron chi connectivity index (χ4n) is 9.02. The lowest BCUT2D eigenvalue weighted by molar-refractivity contribution is 0.670. The van der Waals surface area contributed by atoms with Gasteiger partial charge in [0.15, 0.2) is 0 Å². The Kier molecular flexibility index (Phi) is 8.27. The maximum Gasteiger partial charge on any atom is 0.143 e. The Morgan fingerprint density at radius 3 is 1.66 bits per heavy atom. The summed E-state index contributed by atoms with van der Waals surface area (Å²) in [7, 11) is 0. The molecule has 0 spiro atoms. The molecule has 11 rings (SSSR count). The average molecular weight is 757 g/mol. The zero-order chi connectivity index (χ0) is 39.5. The molecule has 0 atom stereocenters. The fourth-order valence-corrected chi connectivity index (χ4v) is 9.02. The monoisotopic (exact) mass is 756 g/mol. The van der Waals surface area contributed by atoms with E-state index >= 15 is 0 Å². The van der Waals surface area contributed by atoms with Crippen LogP contribution < -0.4 is 4.90 Å². The summed E-state index contributed by atoms with van der Waals surface area (Å²) >= 11 is 0. The van der Waals surface area contributed by atoms with Crippen molar-refractivity contribution in [2.75, 3.05) is 4.90 Å². The van der Waals surface area contributed by atoms with Crippen molar-refractivity contribution < 1.29 is 4.42 Å². The Morgan fingerprint density at radius 1 is 0.390 bits per heavy atom. The van der Waals surface area contributed by atoms with Crippen LogP contribution in [0, 0.1) is 13.8 Å². The van der Waals surface area contributed by atoms with Gasteiger partial charge in [-0.25, -0.2) is 0 Å². The molecule has 0 unspecified atom stereocenters. The van der Waals surface area contributed by atoms with Gasteiger partial charge in [0.1, 0.15) is 11.2 Å². The third kappa shape index (κ3) is 5.90. The summed E-state index contributed by atoms with van der Waals surface area (Å²) in [5, 5.41) is 4.69. The Labute approximate surface area is 343 Å². The van der Waals surface area contributed by atoms with E-state index in [0.29, 0.717) is 0 Å². The number of hydrogen-bond donors (Lipinski definition) is 0. The van der Waals surface area contributed by atoms with Crippen molar-refractivity contribution >= 4 is 60.8 Å². The Hall–Kier alpha value is -7.62. The van der Waals surface area contributed by atoms with Gasteiger partial charge in [0.2, 0.25) is 0 Å². The zero-order valence-electron chi connectivity index (χ0n) is 32.9. The van der Waals surface area contributed by atoms with E-state index in [0.717, 1.165) is 55.8 Å². The third-order valence-electron chi connectivity index (χ3n) is 11.8. The first-order chi connectivity index (χ1) is 29.1. The first-order valence-electron chi connectivity index (χ1n) is 20.3. The molecule has 0 saturated carbocycles. The maximum atomic E-state index is 6.75. The molecular weight excluding hydrogens is 717 g/mol. The normalized spacial score (nSPS) is 11.6. The number of para-hydroxylation sites is 3.